The third kappa shape index (κ3) is 5.49. The molecule has 0 amide bonds. The van der Waals surface area contributed by atoms with Crippen LogP contribution in [-0.2, 0) is 0 Å². The average molecular weight is 770 g/mol. The molecule has 0 unspecified atom stereocenters. The van der Waals surface area contributed by atoms with Gasteiger partial charge in [-0.15, -0.1) is 0 Å². The molecule has 2 aliphatic rings. The Morgan fingerprint density at radius 3 is 1.10 bits per heavy atom. The first-order chi connectivity index (χ1) is 29.8. The van der Waals surface area contributed by atoms with Gasteiger partial charge in [0.1, 0.15) is 11.5 Å². The van der Waals surface area contributed by atoms with Crippen LogP contribution < -0.4 is 24.6 Å². The quantitative estimate of drug-likeness (QED) is 0.151. The van der Waals surface area contributed by atoms with Crippen molar-refractivity contribution in [3.63, 3.8) is 0 Å². The number of hydrogen-bond acceptors (Lipinski definition) is 4. The molecule has 282 valence electrons. The molecule has 10 aromatic rings. The minimum absolute atomic E-state index is 0.541. The summed E-state index contributed by atoms with van der Waals surface area (Å²) in [6.45, 7) is 0. The molecule has 0 saturated carbocycles. The SMILES string of the molecule is c1ccc(N(c2ccccc2)c2ccc3c(c2)c2cc(N(c4ccccc4)c4ccccc4)ccc2n3-c2cc3c4c(c2)-c2ccccc2OB4Oc2ccccc2-3)cc1. The zero-order chi connectivity index (χ0) is 39.6. The fourth-order valence-electron chi connectivity index (χ4n) is 9.18. The summed E-state index contributed by atoms with van der Waals surface area (Å²) in [5.41, 5.74) is 15.2. The number of anilines is 6. The summed E-state index contributed by atoms with van der Waals surface area (Å²) in [6, 6.07) is 77.5. The highest BCUT2D eigenvalue weighted by Gasteiger charge is 2.42. The summed E-state index contributed by atoms with van der Waals surface area (Å²) in [5, 5.41) is 2.30. The standard InChI is InChI=1S/C54H36BN3O2/c1-5-17-37(18-6-1)56(38-19-7-2-8-20-38)41-29-31-50-46(33-41)47-34-42(57(39-21-9-3-10-22-39)40-23-11-4-12-24-40)30-32-51(47)58(50)43-35-48-44-25-13-15-27-52(44)59-55-54(48)49(36-43)45-26-14-16-28-53(45)60-55/h1-36H. The molecule has 0 radical (unpaired) electrons. The van der Waals surface area contributed by atoms with Crippen LogP contribution in [0, 0.1) is 0 Å². The molecule has 0 atom stereocenters. The molecule has 3 heterocycles. The lowest BCUT2D eigenvalue weighted by Crippen LogP contribution is -2.49. The third-order valence-electron chi connectivity index (χ3n) is 11.8. The third-order valence-corrected chi connectivity index (χ3v) is 11.8. The van der Waals surface area contributed by atoms with Gasteiger partial charge in [-0.25, -0.2) is 0 Å². The van der Waals surface area contributed by atoms with E-state index >= 15 is 0 Å². The Labute approximate surface area is 348 Å². The molecule has 1 aromatic heterocycles. The molecule has 0 saturated heterocycles. The summed E-state index contributed by atoms with van der Waals surface area (Å²) in [4.78, 5) is 4.67. The molecule has 6 heteroatoms. The second kappa shape index (κ2) is 13.9. The number of rotatable bonds is 7. The largest absolute Gasteiger partial charge is 0.633 e. The maximum Gasteiger partial charge on any atom is 0.633 e. The Kier molecular flexibility index (Phi) is 7.88. The van der Waals surface area contributed by atoms with Gasteiger partial charge < -0.3 is 23.7 Å². The molecular formula is C54H36BN3O2. The minimum Gasteiger partial charge on any atom is -0.521 e. The number of hydrogen-bond donors (Lipinski definition) is 0. The minimum atomic E-state index is -0.541. The Morgan fingerprint density at radius 2 is 0.700 bits per heavy atom. The summed E-state index contributed by atoms with van der Waals surface area (Å²) < 4.78 is 15.5. The van der Waals surface area contributed by atoms with Crippen molar-refractivity contribution in [1.29, 1.82) is 0 Å². The van der Waals surface area contributed by atoms with Gasteiger partial charge >= 0.3 is 7.12 Å². The topological polar surface area (TPSA) is 29.9 Å². The molecule has 5 nitrogen and oxygen atoms in total. The lowest BCUT2D eigenvalue weighted by atomic mass is 9.66. The zero-order valence-electron chi connectivity index (χ0n) is 32.5. The van der Waals surface area contributed by atoms with E-state index in [2.05, 4.69) is 208 Å². The molecule has 0 N–H and O–H groups in total. The summed E-state index contributed by atoms with van der Waals surface area (Å²) in [6.07, 6.45) is 0. The van der Waals surface area contributed by atoms with Crippen LogP contribution in [0.4, 0.5) is 34.1 Å². The van der Waals surface area contributed by atoms with Gasteiger partial charge in [0.25, 0.3) is 0 Å². The van der Waals surface area contributed by atoms with Gasteiger partial charge in [0.05, 0.1) is 11.0 Å². The molecule has 60 heavy (non-hydrogen) atoms. The summed E-state index contributed by atoms with van der Waals surface area (Å²) in [7, 11) is -0.541. The van der Waals surface area contributed by atoms with Crippen LogP contribution in [0.5, 0.6) is 11.5 Å². The van der Waals surface area contributed by atoms with E-state index in [9.17, 15) is 0 Å². The van der Waals surface area contributed by atoms with E-state index in [1.165, 1.54) is 0 Å². The fourth-order valence-corrected chi connectivity index (χ4v) is 9.18. The van der Waals surface area contributed by atoms with Crippen molar-refractivity contribution in [3.05, 3.63) is 218 Å². The number of aromatic nitrogens is 1. The predicted molar refractivity (Wildman–Crippen MR) is 248 cm³/mol. The van der Waals surface area contributed by atoms with Crippen LogP contribution in [0.3, 0.4) is 0 Å². The van der Waals surface area contributed by atoms with Crippen LogP contribution in [0.2, 0.25) is 0 Å². The van der Waals surface area contributed by atoms with E-state index in [0.717, 1.165) is 101 Å². The molecule has 12 rings (SSSR count). The molecule has 9 aromatic carbocycles. The highest BCUT2D eigenvalue weighted by atomic mass is 16.6. The van der Waals surface area contributed by atoms with Crippen LogP contribution >= 0.6 is 0 Å². The fraction of sp³-hybridized carbons (Fsp3) is 0. The van der Waals surface area contributed by atoms with Crippen molar-refractivity contribution < 1.29 is 9.31 Å². The van der Waals surface area contributed by atoms with Gasteiger partial charge in [-0.2, -0.15) is 0 Å². The maximum absolute atomic E-state index is 6.55. The highest BCUT2D eigenvalue weighted by molar-refractivity contribution is 6.68. The van der Waals surface area contributed by atoms with Gasteiger partial charge in [-0.3, -0.25) is 0 Å². The van der Waals surface area contributed by atoms with E-state index in [1.807, 2.05) is 24.3 Å². The van der Waals surface area contributed by atoms with E-state index in [0.29, 0.717) is 0 Å². The van der Waals surface area contributed by atoms with Crippen molar-refractivity contribution in [3.8, 4) is 39.4 Å². The smallest absolute Gasteiger partial charge is 0.521 e. The Balaban J connectivity index is 1.15. The van der Waals surface area contributed by atoms with Crippen LogP contribution in [0.1, 0.15) is 0 Å². The first-order valence-electron chi connectivity index (χ1n) is 20.4. The molecule has 0 bridgehead atoms. The summed E-state index contributed by atoms with van der Waals surface area (Å²) >= 11 is 0. The lowest BCUT2D eigenvalue weighted by Gasteiger charge is -2.32. The lowest BCUT2D eigenvalue weighted by molar-refractivity contribution is 0.436. The average Bonchev–Trinajstić information content (AvgIpc) is 3.64. The first-order valence-corrected chi connectivity index (χ1v) is 20.4. The zero-order valence-corrected chi connectivity index (χ0v) is 32.5. The summed E-state index contributed by atoms with van der Waals surface area (Å²) in [5.74, 6) is 1.63. The van der Waals surface area contributed by atoms with Gasteiger partial charge in [-0.1, -0.05) is 109 Å². The van der Waals surface area contributed by atoms with Crippen LogP contribution in [0.25, 0.3) is 49.7 Å². The van der Waals surface area contributed by atoms with E-state index in [1.54, 1.807) is 0 Å². The normalized spacial score (nSPS) is 12.2. The van der Waals surface area contributed by atoms with Crippen molar-refractivity contribution in [1.82, 2.24) is 4.57 Å². The number of fused-ring (bicyclic) bond motifs is 7. The predicted octanol–water partition coefficient (Wildman–Crippen LogP) is 13.5. The van der Waals surface area contributed by atoms with Crippen LogP contribution in [0.15, 0.2) is 218 Å². The Hall–Kier alpha value is -7.96. The number of para-hydroxylation sites is 6. The number of benzene rings is 9. The van der Waals surface area contributed by atoms with Crippen molar-refractivity contribution >= 4 is 68.5 Å². The second-order valence-electron chi connectivity index (χ2n) is 15.3. The van der Waals surface area contributed by atoms with Gasteiger partial charge in [-0.05, 0) is 120 Å². The monoisotopic (exact) mass is 769 g/mol. The van der Waals surface area contributed by atoms with E-state index < -0.39 is 7.12 Å². The van der Waals surface area contributed by atoms with Crippen LogP contribution in [-0.4, -0.2) is 11.7 Å². The van der Waals surface area contributed by atoms with Gasteiger partial charge in [0, 0.05) is 67.2 Å². The van der Waals surface area contributed by atoms with E-state index in [-0.39, 0.29) is 0 Å². The molecule has 0 spiro atoms. The molecule has 0 fully saturated rings. The van der Waals surface area contributed by atoms with Crippen molar-refractivity contribution in [2.24, 2.45) is 0 Å². The molecule has 2 aliphatic heterocycles. The maximum atomic E-state index is 6.55. The van der Waals surface area contributed by atoms with Crippen molar-refractivity contribution in [2.45, 2.75) is 0 Å². The van der Waals surface area contributed by atoms with Crippen molar-refractivity contribution in [2.75, 3.05) is 9.80 Å². The first kappa shape index (κ1) is 34.1. The Bertz CT molecular complexity index is 2940. The highest BCUT2D eigenvalue weighted by Crippen LogP contribution is 2.46. The van der Waals surface area contributed by atoms with Gasteiger partial charge in [0.15, 0.2) is 0 Å². The molecule has 0 aliphatic carbocycles. The number of nitrogens with zero attached hydrogens (tertiary/aromatic N) is 3. The van der Waals surface area contributed by atoms with E-state index in [4.69, 9.17) is 9.31 Å². The second-order valence-corrected chi connectivity index (χ2v) is 15.3. The Morgan fingerprint density at radius 1 is 0.333 bits per heavy atom. The van der Waals surface area contributed by atoms with Gasteiger partial charge in [0.2, 0.25) is 0 Å². The molecular weight excluding hydrogens is 733 g/mol.